The van der Waals surface area contributed by atoms with Crippen molar-refractivity contribution in [2.75, 3.05) is 0 Å². The zero-order valence-electron chi connectivity index (χ0n) is 20.3. The summed E-state index contributed by atoms with van der Waals surface area (Å²) in [6.07, 6.45) is 2.40. The molecule has 0 saturated heterocycles. The van der Waals surface area contributed by atoms with Gasteiger partial charge in [0.25, 0.3) is 5.72 Å². The average Bonchev–Trinajstić information content (AvgIpc) is 3.29. The van der Waals surface area contributed by atoms with Crippen LogP contribution < -0.4 is 5.73 Å². The Hall–Kier alpha value is -4.10. The minimum Gasteiger partial charge on any atom is -0.478 e. The Morgan fingerprint density at radius 2 is 1.73 bits per heavy atom. The minimum atomic E-state index is -2.30. The molecule has 0 heterocycles. The van der Waals surface area contributed by atoms with Gasteiger partial charge < -0.3 is 20.3 Å². The fourth-order valence-corrected chi connectivity index (χ4v) is 4.58. The number of aliphatic carboxylic acids is 1. The third-order valence-electron chi connectivity index (χ3n) is 6.55. The zero-order valence-corrected chi connectivity index (χ0v) is 20.3. The van der Waals surface area contributed by atoms with Crippen molar-refractivity contribution >= 4 is 18.0 Å². The number of rotatable bonds is 12. The summed E-state index contributed by atoms with van der Waals surface area (Å²) in [6.45, 7) is 0.0378. The van der Waals surface area contributed by atoms with E-state index in [1.165, 1.54) is 17.2 Å². The molecule has 8 nitrogen and oxygen atoms in total. The molecular formula is C29H28N2O6. The second-order valence-electron chi connectivity index (χ2n) is 8.92. The van der Waals surface area contributed by atoms with Crippen LogP contribution in [0.15, 0.2) is 77.8 Å². The number of hydrogen-bond donors (Lipinski definition) is 2. The molecule has 2 atom stereocenters. The normalized spacial score (nSPS) is 14.0. The Morgan fingerprint density at radius 3 is 2.49 bits per heavy atom. The van der Waals surface area contributed by atoms with Gasteiger partial charge in [-0.3, -0.25) is 4.79 Å². The molecule has 3 aromatic carbocycles. The standard InChI is InChI=1S/C29H28N2O6/c30-26(29(28(34)35,31-19-32)37-17-20-8-2-1-3-9-20)14-7-15-27(33)36-18-22-11-6-13-24-23-12-5-4-10-21(23)16-25(22)24/h1-6,8-13,26H,7,14-18,30H2,(H,34,35). The molecule has 0 saturated carbocycles. The van der Waals surface area contributed by atoms with Gasteiger partial charge in [0.2, 0.25) is 6.08 Å². The number of esters is 1. The number of carbonyl (C=O) groups is 2. The van der Waals surface area contributed by atoms with E-state index in [-0.39, 0.29) is 32.5 Å². The van der Waals surface area contributed by atoms with E-state index in [1.54, 1.807) is 24.3 Å². The Labute approximate surface area is 214 Å². The molecule has 3 N–H and O–H groups in total. The number of aliphatic imine (C=N–C) groups is 1. The highest BCUT2D eigenvalue weighted by molar-refractivity contribution is 5.79. The number of carbonyl (C=O) groups excluding carboxylic acids is 2. The van der Waals surface area contributed by atoms with Crippen LogP contribution in [0.3, 0.4) is 0 Å². The number of fused-ring (bicyclic) bond motifs is 3. The average molecular weight is 501 g/mol. The molecule has 37 heavy (non-hydrogen) atoms. The van der Waals surface area contributed by atoms with Crippen LogP contribution in [-0.2, 0) is 43.5 Å². The van der Waals surface area contributed by atoms with E-state index in [2.05, 4.69) is 23.2 Å². The number of benzene rings is 3. The molecule has 0 aliphatic heterocycles. The highest BCUT2D eigenvalue weighted by Gasteiger charge is 2.46. The van der Waals surface area contributed by atoms with Crippen LogP contribution in [0.2, 0.25) is 0 Å². The number of carboxylic acid groups (broad SMARTS) is 1. The van der Waals surface area contributed by atoms with E-state index in [0.29, 0.717) is 5.56 Å². The van der Waals surface area contributed by atoms with Gasteiger partial charge in [0, 0.05) is 6.42 Å². The van der Waals surface area contributed by atoms with Crippen molar-refractivity contribution in [3.05, 3.63) is 95.1 Å². The van der Waals surface area contributed by atoms with E-state index < -0.39 is 23.7 Å². The molecule has 0 spiro atoms. The second kappa shape index (κ2) is 11.8. The summed E-state index contributed by atoms with van der Waals surface area (Å²) < 4.78 is 11.0. The van der Waals surface area contributed by atoms with Crippen LogP contribution in [0, 0.1) is 0 Å². The van der Waals surface area contributed by atoms with E-state index in [1.807, 2.05) is 30.3 Å². The van der Waals surface area contributed by atoms with Crippen LogP contribution in [0.25, 0.3) is 11.1 Å². The Morgan fingerprint density at radius 1 is 1.00 bits per heavy atom. The second-order valence-corrected chi connectivity index (χ2v) is 8.92. The van der Waals surface area contributed by atoms with Crippen molar-refractivity contribution < 1.29 is 29.0 Å². The summed E-state index contributed by atoms with van der Waals surface area (Å²) in [5.74, 6) is -1.92. The fourth-order valence-electron chi connectivity index (χ4n) is 4.58. The lowest BCUT2D eigenvalue weighted by molar-refractivity contribution is -0.170. The first kappa shape index (κ1) is 26.0. The molecule has 1 aliphatic carbocycles. The molecule has 0 aromatic heterocycles. The van der Waals surface area contributed by atoms with Crippen LogP contribution in [0.1, 0.15) is 41.5 Å². The van der Waals surface area contributed by atoms with E-state index in [0.717, 1.165) is 23.1 Å². The van der Waals surface area contributed by atoms with Crippen molar-refractivity contribution in [2.45, 2.75) is 50.7 Å². The van der Waals surface area contributed by atoms with Crippen LogP contribution >= 0.6 is 0 Å². The predicted octanol–water partition coefficient (Wildman–Crippen LogP) is 4.13. The Kier molecular flexibility index (Phi) is 8.25. The lowest BCUT2D eigenvalue weighted by Gasteiger charge is -2.29. The van der Waals surface area contributed by atoms with Gasteiger partial charge in [-0.2, -0.15) is 4.99 Å². The molecule has 0 amide bonds. The minimum absolute atomic E-state index is 0.0299. The number of carboxylic acids is 1. The molecule has 3 aromatic rings. The van der Waals surface area contributed by atoms with Crippen LogP contribution in [-0.4, -0.2) is 34.9 Å². The lowest BCUT2D eigenvalue weighted by Crippen LogP contribution is -2.54. The molecule has 190 valence electrons. The third kappa shape index (κ3) is 5.84. The van der Waals surface area contributed by atoms with Crippen LogP contribution in [0.4, 0.5) is 0 Å². The zero-order chi connectivity index (χ0) is 26.3. The fraction of sp³-hybridized carbons (Fsp3) is 0.276. The molecule has 4 rings (SSSR count). The third-order valence-corrected chi connectivity index (χ3v) is 6.55. The van der Waals surface area contributed by atoms with Crippen molar-refractivity contribution in [1.82, 2.24) is 0 Å². The summed E-state index contributed by atoms with van der Waals surface area (Å²) in [4.78, 5) is 38.9. The molecule has 2 unspecified atom stereocenters. The van der Waals surface area contributed by atoms with Crippen LogP contribution in [0.5, 0.6) is 0 Å². The van der Waals surface area contributed by atoms with E-state index >= 15 is 0 Å². The monoisotopic (exact) mass is 500 g/mol. The van der Waals surface area contributed by atoms with E-state index in [4.69, 9.17) is 15.2 Å². The van der Waals surface area contributed by atoms with Crippen molar-refractivity contribution in [2.24, 2.45) is 10.7 Å². The molecule has 0 fully saturated rings. The molecule has 1 aliphatic rings. The Bertz CT molecular complexity index is 1310. The lowest BCUT2D eigenvalue weighted by atomic mass is 9.99. The number of isocyanates is 1. The van der Waals surface area contributed by atoms with Gasteiger partial charge in [-0.05, 0) is 52.6 Å². The first-order valence-corrected chi connectivity index (χ1v) is 12.0. The summed E-state index contributed by atoms with van der Waals surface area (Å²) in [5.41, 5.74) is 10.2. The largest absolute Gasteiger partial charge is 0.478 e. The first-order valence-electron chi connectivity index (χ1n) is 12.0. The van der Waals surface area contributed by atoms with E-state index in [9.17, 15) is 19.5 Å². The maximum atomic E-state index is 12.4. The van der Waals surface area contributed by atoms with Gasteiger partial charge in [0.15, 0.2) is 0 Å². The van der Waals surface area contributed by atoms with Gasteiger partial charge in [-0.25, -0.2) is 9.59 Å². The summed E-state index contributed by atoms with van der Waals surface area (Å²) in [5, 5.41) is 9.79. The predicted molar refractivity (Wildman–Crippen MR) is 136 cm³/mol. The van der Waals surface area contributed by atoms with Crippen molar-refractivity contribution in [1.29, 1.82) is 0 Å². The van der Waals surface area contributed by atoms with Crippen molar-refractivity contribution in [3.63, 3.8) is 0 Å². The summed E-state index contributed by atoms with van der Waals surface area (Å²) in [7, 11) is 0. The maximum absolute atomic E-state index is 12.4. The van der Waals surface area contributed by atoms with Gasteiger partial charge in [0.1, 0.15) is 6.61 Å². The number of ether oxygens (including phenoxy) is 2. The quantitative estimate of drug-likeness (QED) is 0.170. The van der Waals surface area contributed by atoms with Gasteiger partial charge in [-0.1, -0.05) is 72.8 Å². The molecule has 0 radical (unpaired) electrons. The van der Waals surface area contributed by atoms with Gasteiger partial charge in [0.05, 0.1) is 12.6 Å². The summed E-state index contributed by atoms with van der Waals surface area (Å²) >= 11 is 0. The number of nitrogens with zero attached hydrogens (tertiary/aromatic N) is 1. The maximum Gasteiger partial charge on any atom is 0.361 e. The van der Waals surface area contributed by atoms with Crippen molar-refractivity contribution in [3.8, 4) is 11.1 Å². The number of hydrogen-bond acceptors (Lipinski definition) is 7. The smallest absolute Gasteiger partial charge is 0.361 e. The SMILES string of the molecule is NC(CCCC(=O)OCc1cccc2c1Cc1ccccc1-2)C(N=C=O)(OCc1ccccc1)C(=O)O. The molecular weight excluding hydrogens is 472 g/mol. The highest BCUT2D eigenvalue weighted by Crippen LogP contribution is 2.38. The topological polar surface area (TPSA) is 128 Å². The Balaban J connectivity index is 1.32. The summed E-state index contributed by atoms with van der Waals surface area (Å²) in [6, 6.07) is 21.9. The molecule has 8 heteroatoms. The van der Waals surface area contributed by atoms with Gasteiger partial charge in [-0.15, -0.1) is 0 Å². The highest BCUT2D eigenvalue weighted by atomic mass is 16.5. The number of nitrogens with two attached hydrogens (primary N) is 1. The van der Waals surface area contributed by atoms with Gasteiger partial charge >= 0.3 is 11.9 Å². The first-order chi connectivity index (χ1) is 17.9. The molecule has 0 bridgehead atoms.